The van der Waals surface area contributed by atoms with Crippen LogP contribution < -0.4 is 0 Å². The van der Waals surface area contributed by atoms with E-state index in [0.717, 1.165) is 0 Å². The van der Waals surface area contributed by atoms with E-state index in [1.54, 1.807) is 12.1 Å². The maximum absolute atomic E-state index is 10.5. The summed E-state index contributed by atoms with van der Waals surface area (Å²) in [5, 5.41) is 8.61. The second kappa shape index (κ2) is 4.21. The number of carboxylic acids is 1. The van der Waals surface area contributed by atoms with Crippen molar-refractivity contribution in [1.29, 1.82) is 0 Å². The van der Waals surface area contributed by atoms with E-state index in [1.807, 2.05) is 0 Å². The van der Waals surface area contributed by atoms with E-state index < -0.39 is 14.0 Å². The minimum atomic E-state index is -2.57. The minimum absolute atomic E-state index is 0.0335. The van der Waals surface area contributed by atoms with Crippen LogP contribution in [0.5, 0.6) is 0 Å². The summed E-state index contributed by atoms with van der Waals surface area (Å²) in [6.07, 6.45) is 0.0335. The molecule has 1 aromatic carbocycles. The largest absolute Gasteiger partial charge is 0.478 e. The quantitative estimate of drug-likeness (QED) is 0.722. The molecule has 2 N–H and O–H groups in total. The minimum Gasteiger partial charge on any atom is -0.478 e. The van der Waals surface area contributed by atoms with Gasteiger partial charge in [0, 0.05) is 6.16 Å². The molecule has 1 atom stereocenters. The van der Waals surface area contributed by atoms with E-state index in [0.29, 0.717) is 5.56 Å². The van der Waals surface area contributed by atoms with Crippen molar-refractivity contribution in [1.82, 2.24) is 0 Å². The SMILES string of the molecule is O=C(O)c1cccc(C[PH](=O)O)c1. The van der Waals surface area contributed by atoms with Crippen LogP contribution in [0, 0.1) is 0 Å². The number of carboxylic acid groups (broad SMARTS) is 1. The molecule has 1 rings (SSSR count). The summed E-state index contributed by atoms with van der Waals surface area (Å²) in [4.78, 5) is 19.1. The lowest BCUT2D eigenvalue weighted by Gasteiger charge is -1.99. The van der Waals surface area contributed by atoms with E-state index in [4.69, 9.17) is 10.00 Å². The Labute approximate surface area is 75.7 Å². The standard InChI is InChI=1S/C8H9O4P/c9-8(10)7-3-1-2-6(4-7)5-13(11)12/h1-4,13H,5H2,(H,9,10)(H,11,12). The third kappa shape index (κ3) is 3.01. The molecule has 0 aliphatic carbocycles. The highest BCUT2D eigenvalue weighted by molar-refractivity contribution is 7.37. The van der Waals surface area contributed by atoms with Crippen molar-refractivity contribution in [2.45, 2.75) is 6.16 Å². The second-order valence-electron chi connectivity index (χ2n) is 2.58. The molecule has 0 aliphatic rings. The fraction of sp³-hybridized carbons (Fsp3) is 0.125. The topological polar surface area (TPSA) is 74.6 Å². The summed E-state index contributed by atoms with van der Waals surface area (Å²) in [5.41, 5.74) is 0.715. The highest BCUT2D eigenvalue weighted by Crippen LogP contribution is 2.21. The number of benzene rings is 1. The highest BCUT2D eigenvalue weighted by atomic mass is 31.1. The number of hydrogen-bond acceptors (Lipinski definition) is 2. The van der Waals surface area contributed by atoms with Crippen molar-refractivity contribution < 1.29 is 19.4 Å². The Balaban J connectivity index is 2.91. The van der Waals surface area contributed by atoms with Crippen molar-refractivity contribution in [3.63, 3.8) is 0 Å². The van der Waals surface area contributed by atoms with Crippen LogP contribution in [0.1, 0.15) is 15.9 Å². The van der Waals surface area contributed by atoms with Crippen LogP contribution in [-0.4, -0.2) is 16.0 Å². The van der Waals surface area contributed by atoms with Crippen molar-refractivity contribution in [2.24, 2.45) is 0 Å². The normalized spacial score (nSPS) is 12.4. The molecule has 0 aromatic heterocycles. The van der Waals surface area contributed by atoms with Gasteiger partial charge in [-0.05, 0) is 17.7 Å². The Hall–Kier alpha value is -1.12. The highest BCUT2D eigenvalue weighted by Gasteiger charge is 2.03. The fourth-order valence-corrected chi connectivity index (χ4v) is 1.56. The number of carbonyl (C=O) groups is 1. The average Bonchev–Trinajstić information content (AvgIpc) is 2.03. The summed E-state index contributed by atoms with van der Waals surface area (Å²) < 4.78 is 10.5. The summed E-state index contributed by atoms with van der Waals surface area (Å²) in [6, 6.07) is 6.04. The van der Waals surface area contributed by atoms with Gasteiger partial charge in [0.15, 0.2) is 8.03 Å². The van der Waals surface area contributed by atoms with E-state index in [-0.39, 0.29) is 11.7 Å². The molecule has 0 heterocycles. The first-order chi connectivity index (χ1) is 6.09. The van der Waals surface area contributed by atoms with Gasteiger partial charge in [-0.15, -0.1) is 0 Å². The van der Waals surface area contributed by atoms with Gasteiger partial charge in [-0.3, -0.25) is 4.57 Å². The molecular formula is C8H9O4P. The zero-order valence-electron chi connectivity index (χ0n) is 6.73. The third-order valence-electron chi connectivity index (χ3n) is 1.53. The Morgan fingerprint density at radius 2 is 2.15 bits per heavy atom. The maximum Gasteiger partial charge on any atom is 0.335 e. The number of hydrogen-bond donors (Lipinski definition) is 2. The first-order valence-electron chi connectivity index (χ1n) is 3.63. The molecule has 0 saturated heterocycles. The van der Waals surface area contributed by atoms with Gasteiger partial charge in [0.25, 0.3) is 0 Å². The first-order valence-corrected chi connectivity index (χ1v) is 5.20. The van der Waals surface area contributed by atoms with Gasteiger partial charge in [-0.1, -0.05) is 12.1 Å². The summed E-state index contributed by atoms with van der Waals surface area (Å²) >= 11 is 0. The molecule has 0 bridgehead atoms. The lowest BCUT2D eigenvalue weighted by atomic mass is 10.1. The van der Waals surface area contributed by atoms with Crippen molar-refractivity contribution >= 4 is 14.0 Å². The van der Waals surface area contributed by atoms with E-state index in [2.05, 4.69) is 0 Å². The molecule has 4 nitrogen and oxygen atoms in total. The van der Waals surface area contributed by atoms with Crippen LogP contribution in [0.25, 0.3) is 0 Å². The molecule has 0 fully saturated rings. The maximum atomic E-state index is 10.5. The smallest absolute Gasteiger partial charge is 0.335 e. The monoisotopic (exact) mass is 200 g/mol. The zero-order valence-corrected chi connectivity index (χ0v) is 7.73. The van der Waals surface area contributed by atoms with Crippen LogP contribution >= 0.6 is 8.03 Å². The summed E-state index contributed by atoms with van der Waals surface area (Å²) in [6.45, 7) is 0. The second-order valence-corrected chi connectivity index (χ2v) is 3.72. The molecule has 0 radical (unpaired) electrons. The van der Waals surface area contributed by atoms with Crippen molar-refractivity contribution in [2.75, 3.05) is 0 Å². The first kappa shape index (κ1) is 9.96. The van der Waals surface area contributed by atoms with Gasteiger partial charge in [-0.25, -0.2) is 4.79 Å². The third-order valence-corrected chi connectivity index (χ3v) is 2.24. The predicted molar refractivity (Wildman–Crippen MR) is 48.3 cm³/mol. The predicted octanol–water partition coefficient (Wildman–Crippen LogP) is 1.35. The lowest BCUT2D eigenvalue weighted by molar-refractivity contribution is 0.0696. The molecule has 0 saturated carbocycles. The van der Waals surface area contributed by atoms with Crippen LogP contribution in [0.3, 0.4) is 0 Å². The van der Waals surface area contributed by atoms with Crippen LogP contribution in [0.4, 0.5) is 0 Å². The van der Waals surface area contributed by atoms with Crippen molar-refractivity contribution in [3.8, 4) is 0 Å². The Bertz CT molecular complexity index is 348. The molecule has 0 amide bonds. The van der Waals surface area contributed by atoms with E-state index in [9.17, 15) is 9.36 Å². The molecule has 5 heteroatoms. The lowest BCUT2D eigenvalue weighted by Crippen LogP contribution is -1.96. The molecule has 0 spiro atoms. The van der Waals surface area contributed by atoms with Gasteiger partial charge >= 0.3 is 5.97 Å². The van der Waals surface area contributed by atoms with Crippen molar-refractivity contribution in [3.05, 3.63) is 35.4 Å². The summed E-state index contributed by atoms with van der Waals surface area (Å²) in [7, 11) is -2.57. The van der Waals surface area contributed by atoms with Gasteiger partial charge in [0.1, 0.15) is 0 Å². The molecule has 1 aromatic rings. The van der Waals surface area contributed by atoms with E-state index >= 15 is 0 Å². The molecule has 13 heavy (non-hydrogen) atoms. The van der Waals surface area contributed by atoms with Gasteiger partial charge in [-0.2, -0.15) is 0 Å². The fourth-order valence-electron chi connectivity index (χ4n) is 0.989. The number of rotatable bonds is 3. The average molecular weight is 200 g/mol. The number of aromatic carboxylic acids is 1. The molecule has 0 aliphatic heterocycles. The van der Waals surface area contributed by atoms with Crippen LogP contribution in [-0.2, 0) is 10.7 Å². The van der Waals surface area contributed by atoms with Gasteiger partial charge in [0.05, 0.1) is 5.56 Å². The molecular weight excluding hydrogens is 191 g/mol. The molecule has 1 unspecified atom stereocenters. The zero-order chi connectivity index (χ0) is 9.84. The van der Waals surface area contributed by atoms with E-state index in [1.165, 1.54) is 12.1 Å². The summed E-state index contributed by atoms with van der Waals surface area (Å²) in [5.74, 6) is -1.03. The van der Waals surface area contributed by atoms with Gasteiger partial charge in [0.2, 0.25) is 0 Å². The molecule has 70 valence electrons. The van der Waals surface area contributed by atoms with Crippen LogP contribution in [0.2, 0.25) is 0 Å². The van der Waals surface area contributed by atoms with Gasteiger partial charge < -0.3 is 10.00 Å². The Kier molecular flexibility index (Phi) is 3.23. The Morgan fingerprint density at radius 1 is 1.46 bits per heavy atom. The Morgan fingerprint density at radius 3 is 2.69 bits per heavy atom. The van der Waals surface area contributed by atoms with Crippen LogP contribution in [0.15, 0.2) is 24.3 Å².